The number of pyridine rings is 1. The molecule has 0 spiro atoms. The van der Waals surface area contributed by atoms with Crippen LogP contribution in [0.1, 0.15) is 36.6 Å². The van der Waals surface area contributed by atoms with Gasteiger partial charge in [0, 0.05) is 11.8 Å². The highest BCUT2D eigenvalue weighted by Crippen LogP contribution is 2.33. The van der Waals surface area contributed by atoms with Gasteiger partial charge in [0.25, 0.3) is 0 Å². The summed E-state index contributed by atoms with van der Waals surface area (Å²) < 4.78 is 10.5. The number of aromatic nitrogens is 1. The van der Waals surface area contributed by atoms with Crippen LogP contribution in [0.15, 0.2) is 29.3 Å². The van der Waals surface area contributed by atoms with E-state index in [1.807, 2.05) is 13.0 Å². The van der Waals surface area contributed by atoms with Crippen molar-refractivity contribution in [3.63, 3.8) is 0 Å². The summed E-state index contributed by atoms with van der Waals surface area (Å²) in [7, 11) is 3.12. The number of hydrogen-bond donors (Lipinski definition) is 1. The largest absolute Gasteiger partial charge is 0.497 e. The van der Waals surface area contributed by atoms with Crippen molar-refractivity contribution in [2.75, 3.05) is 19.5 Å². The summed E-state index contributed by atoms with van der Waals surface area (Å²) >= 11 is 1.34. The average Bonchev–Trinajstić information content (AvgIpc) is 3.18. The van der Waals surface area contributed by atoms with Gasteiger partial charge in [-0.05, 0) is 49.4 Å². The van der Waals surface area contributed by atoms with Crippen LogP contribution in [-0.2, 0) is 17.6 Å². The fraction of sp³-hybridized carbons (Fsp3) is 0.381. The maximum absolute atomic E-state index is 12.9. The first-order valence-corrected chi connectivity index (χ1v) is 10.1. The molecule has 0 aliphatic heterocycles. The van der Waals surface area contributed by atoms with Crippen LogP contribution in [0.2, 0.25) is 0 Å². The van der Waals surface area contributed by atoms with Crippen LogP contribution in [0.4, 0.5) is 5.69 Å². The van der Waals surface area contributed by atoms with Crippen molar-refractivity contribution in [1.82, 2.24) is 4.98 Å². The number of fused-ring (bicyclic) bond motifs is 1. The van der Waals surface area contributed by atoms with E-state index in [0.29, 0.717) is 34.2 Å². The highest BCUT2D eigenvalue weighted by atomic mass is 32.2. The molecule has 0 saturated heterocycles. The molecule has 0 fully saturated rings. The van der Waals surface area contributed by atoms with Crippen LogP contribution in [-0.4, -0.2) is 30.4 Å². The zero-order valence-electron chi connectivity index (χ0n) is 16.2. The summed E-state index contributed by atoms with van der Waals surface area (Å²) in [5.41, 5.74) is 3.32. The van der Waals surface area contributed by atoms with Crippen LogP contribution in [0, 0.1) is 11.3 Å². The van der Waals surface area contributed by atoms with E-state index in [-0.39, 0.29) is 11.2 Å². The third-order valence-electron chi connectivity index (χ3n) is 4.72. The van der Waals surface area contributed by atoms with Crippen molar-refractivity contribution in [3.05, 3.63) is 41.1 Å². The van der Waals surface area contributed by atoms with Crippen LogP contribution in [0.3, 0.4) is 0 Å². The van der Waals surface area contributed by atoms with E-state index >= 15 is 0 Å². The van der Waals surface area contributed by atoms with E-state index in [0.717, 1.165) is 30.5 Å². The number of carbonyl (C=O) groups excluding carboxylic acids is 1. The second kappa shape index (κ2) is 8.98. The molecule has 2 aromatic rings. The summed E-state index contributed by atoms with van der Waals surface area (Å²) in [4.78, 5) is 17.6. The van der Waals surface area contributed by atoms with Gasteiger partial charge in [0.2, 0.25) is 5.91 Å². The average molecular weight is 398 g/mol. The minimum Gasteiger partial charge on any atom is -0.497 e. The Morgan fingerprint density at radius 2 is 2.14 bits per heavy atom. The van der Waals surface area contributed by atoms with E-state index in [2.05, 4.69) is 16.4 Å². The number of anilines is 1. The van der Waals surface area contributed by atoms with Gasteiger partial charge in [0.1, 0.15) is 22.6 Å². The third kappa shape index (κ3) is 4.23. The predicted octanol–water partition coefficient (Wildman–Crippen LogP) is 3.97. The molecule has 1 aromatic carbocycles. The van der Waals surface area contributed by atoms with Crippen LogP contribution in [0.5, 0.6) is 11.5 Å². The lowest BCUT2D eigenvalue weighted by molar-refractivity contribution is -0.115. The lowest BCUT2D eigenvalue weighted by Crippen LogP contribution is -2.25. The van der Waals surface area contributed by atoms with Gasteiger partial charge in [-0.3, -0.25) is 4.79 Å². The number of thioether (sulfide) groups is 1. The summed E-state index contributed by atoms with van der Waals surface area (Å²) in [6.45, 7) is 1.95. The fourth-order valence-electron chi connectivity index (χ4n) is 3.20. The van der Waals surface area contributed by atoms with E-state index < -0.39 is 0 Å². The minimum absolute atomic E-state index is 0.151. The van der Waals surface area contributed by atoms with Crippen LogP contribution >= 0.6 is 11.8 Å². The lowest BCUT2D eigenvalue weighted by Gasteiger charge is -2.17. The summed E-state index contributed by atoms with van der Waals surface area (Å²) in [5.74, 6) is 1.03. The molecule has 1 amide bonds. The molecule has 0 saturated carbocycles. The number of rotatable bonds is 7. The van der Waals surface area contributed by atoms with Gasteiger partial charge in [0.05, 0.1) is 30.7 Å². The second-order valence-corrected chi connectivity index (χ2v) is 7.67. The Kier molecular flexibility index (Phi) is 6.42. The van der Waals surface area contributed by atoms with Crippen molar-refractivity contribution in [1.29, 1.82) is 5.26 Å². The molecule has 1 unspecified atom stereocenters. The number of carbonyl (C=O) groups is 1. The van der Waals surface area contributed by atoms with Crippen molar-refractivity contribution in [2.24, 2.45) is 0 Å². The topological polar surface area (TPSA) is 84.2 Å². The molecule has 1 aromatic heterocycles. The molecule has 1 aliphatic carbocycles. The highest BCUT2D eigenvalue weighted by molar-refractivity contribution is 8.00. The molecule has 0 bridgehead atoms. The maximum Gasteiger partial charge on any atom is 0.238 e. The van der Waals surface area contributed by atoms with E-state index in [4.69, 9.17) is 9.47 Å². The normalized spacial score (nSPS) is 13.4. The quantitative estimate of drug-likeness (QED) is 0.712. The molecule has 146 valence electrons. The monoisotopic (exact) mass is 397 g/mol. The van der Waals surface area contributed by atoms with Gasteiger partial charge >= 0.3 is 0 Å². The molecule has 3 rings (SSSR count). The number of aryl methyl sites for hydroxylation is 2. The van der Waals surface area contributed by atoms with Crippen LogP contribution in [0.25, 0.3) is 0 Å². The summed E-state index contributed by atoms with van der Waals surface area (Å²) in [5, 5.41) is 12.7. The Morgan fingerprint density at radius 3 is 2.82 bits per heavy atom. The summed E-state index contributed by atoms with van der Waals surface area (Å²) in [6.07, 6.45) is 3.58. The molecule has 6 nitrogen and oxygen atoms in total. The van der Waals surface area contributed by atoms with E-state index in [9.17, 15) is 10.1 Å². The fourth-order valence-corrected chi connectivity index (χ4v) is 4.19. The smallest absolute Gasteiger partial charge is 0.238 e. The number of benzene rings is 1. The standard InChI is InChI=1S/C21H23N3O3S/c1-4-19(20(25)23-17-9-8-15(26-2)11-18(17)27-3)28-21-14(12-22)10-13-6-5-7-16(13)24-21/h8-11,19H,4-7H2,1-3H3,(H,23,25). The zero-order chi connectivity index (χ0) is 20.1. The van der Waals surface area contributed by atoms with Crippen LogP contribution < -0.4 is 14.8 Å². The van der Waals surface area contributed by atoms with E-state index in [1.54, 1.807) is 32.4 Å². The number of amides is 1. The Labute approximate surface area is 169 Å². The van der Waals surface area contributed by atoms with Gasteiger partial charge in [-0.15, -0.1) is 0 Å². The molecule has 28 heavy (non-hydrogen) atoms. The SMILES string of the molecule is CCC(Sc1nc2c(cc1C#N)CCC2)C(=O)Nc1ccc(OC)cc1OC. The number of hydrogen-bond acceptors (Lipinski definition) is 6. The molecule has 1 aliphatic rings. The molecule has 0 radical (unpaired) electrons. The summed E-state index contributed by atoms with van der Waals surface area (Å²) in [6, 6.07) is 9.39. The van der Waals surface area contributed by atoms with Gasteiger partial charge in [-0.2, -0.15) is 5.26 Å². The third-order valence-corrected chi connectivity index (χ3v) is 6.09. The van der Waals surface area contributed by atoms with Crippen molar-refractivity contribution in [2.45, 2.75) is 42.9 Å². The molecular weight excluding hydrogens is 374 g/mol. The Morgan fingerprint density at radius 1 is 1.32 bits per heavy atom. The minimum atomic E-state index is -0.370. The second-order valence-electron chi connectivity index (χ2n) is 6.48. The number of methoxy groups -OCH3 is 2. The number of nitriles is 1. The van der Waals surface area contributed by atoms with Gasteiger partial charge < -0.3 is 14.8 Å². The first kappa shape index (κ1) is 20.0. The Hall–Kier alpha value is -2.72. The lowest BCUT2D eigenvalue weighted by atomic mass is 10.2. The first-order valence-electron chi connectivity index (χ1n) is 9.22. The molecule has 7 heteroatoms. The number of ether oxygens (including phenoxy) is 2. The van der Waals surface area contributed by atoms with Crippen molar-refractivity contribution >= 4 is 23.4 Å². The number of nitrogens with one attached hydrogen (secondary N) is 1. The van der Waals surface area contributed by atoms with Crippen molar-refractivity contribution < 1.29 is 14.3 Å². The Bertz CT molecular complexity index is 924. The van der Waals surface area contributed by atoms with Gasteiger partial charge in [0.15, 0.2) is 0 Å². The number of nitrogens with zero attached hydrogens (tertiary/aromatic N) is 2. The van der Waals surface area contributed by atoms with Gasteiger partial charge in [-0.25, -0.2) is 4.98 Å². The molecule has 1 atom stereocenters. The molecular formula is C21H23N3O3S. The molecule has 1 heterocycles. The van der Waals surface area contributed by atoms with E-state index in [1.165, 1.54) is 11.8 Å². The predicted molar refractivity (Wildman–Crippen MR) is 109 cm³/mol. The Balaban J connectivity index is 1.79. The maximum atomic E-state index is 12.9. The molecule has 1 N–H and O–H groups in total. The van der Waals surface area contributed by atoms with Gasteiger partial charge in [-0.1, -0.05) is 18.7 Å². The first-order chi connectivity index (χ1) is 13.6. The highest BCUT2D eigenvalue weighted by Gasteiger charge is 2.24. The zero-order valence-corrected chi connectivity index (χ0v) is 17.1. The van der Waals surface area contributed by atoms with Crippen molar-refractivity contribution in [3.8, 4) is 17.6 Å².